The van der Waals surface area contributed by atoms with Gasteiger partial charge in [0.05, 0.1) is 12.2 Å². The van der Waals surface area contributed by atoms with Gasteiger partial charge in [0.2, 0.25) is 23.6 Å². The number of H-pyrrole nitrogens is 2. The number of nitrogens with one attached hydrogen (secondary N) is 4. The average Bonchev–Trinajstić information content (AvgIpc) is 4.10. The van der Waals surface area contributed by atoms with E-state index in [-0.39, 0.29) is 53.3 Å². The Morgan fingerprint density at radius 1 is 0.739 bits per heavy atom. The van der Waals surface area contributed by atoms with Gasteiger partial charge in [0.15, 0.2) is 0 Å². The molecule has 17 heteroatoms. The normalized spacial score (nSPS) is 20.9. The number of carbonyl (C=O) groups excluding carboxylic acids is 5. The molecule has 10 atom stereocenters. The van der Waals surface area contributed by atoms with E-state index in [0.717, 1.165) is 40.3 Å². The standard InChI is InChI=1S/C28H41FN4O5.C24H34FN3O3/c1-16-11-12-33(23(16)13-19-15-30-22-14-20(29)9-10-21(19)22)26(35)24(18(3)37-8)31-25(34)17(2)32(7)27(36)38-28(4,5)6;1-6-14(2)23(29)27-22(16(4)31-5)24(30)28-10-9-15(3)21(28)11-17-13-26-20-12-18(25)7-8-19(17)20/h9-10,14-18,23-24,30H,11-13H2,1-8H3,(H,31,34);7-8,12-16,21-22,26H,6,9-11H2,1-5H3,(H,27,29)/t16-,17-,18+,23+,24-;14-,15+,16-,21-,22+/m01/s1. The number of hydrogen-bond donors (Lipinski definition) is 4. The van der Waals surface area contributed by atoms with Gasteiger partial charge in [0.1, 0.15) is 35.4 Å². The number of likely N-dealkylation sites (tertiary alicyclic amines) is 2. The molecule has 4 aromatic rings. The van der Waals surface area contributed by atoms with Gasteiger partial charge in [-0.1, -0.05) is 27.7 Å². The van der Waals surface area contributed by atoms with Crippen LogP contribution in [0.3, 0.4) is 0 Å². The van der Waals surface area contributed by atoms with Gasteiger partial charge in [-0.25, -0.2) is 13.6 Å². The molecule has 2 aliphatic rings. The van der Waals surface area contributed by atoms with Gasteiger partial charge in [-0.15, -0.1) is 0 Å². The molecule has 2 aliphatic heterocycles. The average molecular weight is 964 g/mol. The van der Waals surface area contributed by atoms with Crippen molar-refractivity contribution in [1.29, 1.82) is 0 Å². The van der Waals surface area contributed by atoms with Crippen LogP contribution in [0.4, 0.5) is 13.6 Å². The number of nitrogens with zero attached hydrogens (tertiary/aromatic N) is 3. The predicted octanol–water partition coefficient (Wildman–Crippen LogP) is 7.51. The van der Waals surface area contributed by atoms with E-state index in [4.69, 9.17) is 14.2 Å². The third-order valence-corrected chi connectivity index (χ3v) is 14.2. The third kappa shape index (κ3) is 13.2. The number of benzene rings is 2. The van der Waals surface area contributed by atoms with Gasteiger partial charge in [-0.3, -0.25) is 24.1 Å². The van der Waals surface area contributed by atoms with Crippen molar-refractivity contribution in [3.05, 3.63) is 71.6 Å². The van der Waals surface area contributed by atoms with Gasteiger partial charge >= 0.3 is 6.09 Å². The summed E-state index contributed by atoms with van der Waals surface area (Å²) in [5.41, 5.74) is 2.83. The lowest BCUT2D eigenvalue weighted by molar-refractivity contribution is -0.142. The maximum Gasteiger partial charge on any atom is 0.410 e. The Hall–Kier alpha value is -5.55. The number of aromatic amines is 2. The predicted molar refractivity (Wildman–Crippen MR) is 262 cm³/mol. The first-order chi connectivity index (χ1) is 32.5. The summed E-state index contributed by atoms with van der Waals surface area (Å²) in [6, 6.07) is 6.74. The van der Waals surface area contributed by atoms with Crippen molar-refractivity contribution in [2.45, 2.75) is 149 Å². The van der Waals surface area contributed by atoms with Crippen molar-refractivity contribution in [3.63, 3.8) is 0 Å². The van der Waals surface area contributed by atoms with E-state index in [0.29, 0.717) is 43.8 Å². The van der Waals surface area contributed by atoms with Crippen LogP contribution in [0, 0.1) is 29.4 Å². The molecule has 0 radical (unpaired) electrons. The van der Waals surface area contributed by atoms with Crippen molar-refractivity contribution < 1.29 is 47.0 Å². The Kier molecular flexibility index (Phi) is 18.4. The number of aromatic nitrogens is 2. The van der Waals surface area contributed by atoms with Gasteiger partial charge in [0.25, 0.3) is 0 Å². The molecule has 0 saturated carbocycles. The van der Waals surface area contributed by atoms with Gasteiger partial charge < -0.3 is 44.6 Å². The van der Waals surface area contributed by atoms with E-state index in [1.165, 1.54) is 43.3 Å². The minimum atomic E-state index is -0.938. The molecular weight excluding hydrogens is 889 g/mol. The number of carbonyl (C=O) groups is 5. The molecule has 4 heterocycles. The van der Waals surface area contributed by atoms with E-state index in [9.17, 15) is 32.8 Å². The summed E-state index contributed by atoms with van der Waals surface area (Å²) in [5, 5.41) is 7.64. The first-order valence-electron chi connectivity index (χ1n) is 24.2. The van der Waals surface area contributed by atoms with Crippen LogP contribution in [-0.2, 0) is 46.2 Å². The fraction of sp³-hybridized carbons (Fsp3) is 0.596. The van der Waals surface area contributed by atoms with Crippen molar-refractivity contribution in [2.24, 2.45) is 17.8 Å². The highest BCUT2D eigenvalue weighted by Gasteiger charge is 2.42. The van der Waals surface area contributed by atoms with Crippen molar-refractivity contribution in [3.8, 4) is 0 Å². The maximum atomic E-state index is 13.9. The Morgan fingerprint density at radius 2 is 1.16 bits per heavy atom. The summed E-state index contributed by atoms with van der Waals surface area (Å²) in [6.45, 7) is 19.6. The van der Waals surface area contributed by atoms with E-state index in [1.54, 1.807) is 53.9 Å². The molecule has 2 fully saturated rings. The summed E-state index contributed by atoms with van der Waals surface area (Å²) in [4.78, 5) is 76.7. The third-order valence-electron chi connectivity index (χ3n) is 14.2. The molecule has 15 nitrogen and oxygen atoms in total. The van der Waals surface area contributed by atoms with Crippen LogP contribution in [0.15, 0.2) is 48.8 Å². The highest BCUT2D eigenvalue weighted by atomic mass is 19.1. The van der Waals surface area contributed by atoms with Crippen LogP contribution in [0.1, 0.15) is 99.6 Å². The molecular formula is C52H75F2N7O8. The molecule has 2 aromatic heterocycles. The Bertz CT molecular complexity index is 2420. The fourth-order valence-electron chi connectivity index (χ4n) is 9.10. The minimum absolute atomic E-state index is 0.00334. The monoisotopic (exact) mass is 964 g/mol. The fourth-order valence-corrected chi connectivity index (χ4v) is 9.10. The van der Waals surface area contributed by atoms with Crippen LogP contribution in [0.25, 0.3) is 21.8 Å². The number of hydrogen-bond acceptors (Lipinski definition) is 8. The van der Waals surface area contributed by atoms with Crippen molar-refractivity contribution in [2.75, 3.05) is 34.4 Å². The number of likely N-dealkylation sites (N-methyl/N-ethyl adjacent to an activating group) is 1. The number of amides is 5. The van der Waals surface area contributed by atoms with Crippen LogP contribution in [-0.4, -0.2) is 137 Å². The quantitative estimate of drug-likeness (QED) is 0.0892. The molecule has 2 aromatic carbocycles. The SMILES string of the molecule is CC[C@@H](C)C(=O)N[C@H](C(=O)N1CC[C@H](C)[C@H]1Cc1c[nH]c2cc(F)ccc12)[C@@H](C)OC.CO[C@H](C)[C@H](NC(=O)[C@H](C)N(C)C(=O)OC(C)(C)C)C(=O)N1CC[C@H](C)[C@H]1Cc1c[nH]c2cc(F)ccc12. The number of ether oxygens (including phenoxy) is 3. The lowest BCUT2D eigenvalue weighted by atomic mass is 9.95. The molecule has 0 unspecified atom stereocenters. The number of halogens is 2. The second-order valence-electron chi connectivity index (χ2n) is 20.1. The minimum Gasteiger partial charge on any atom is -0.444 e. The first-order valence-corrected chi connectivity index (χ1v) is 24.2. The summed E-state index contributed by atoms with van der Waals surface area (Å²) < 4.78 is 43.5. The van der Waals surface area contributed by atoms with E-state index >= 15 is 0 Å². The second-order valence-corrected chi connectivity index (χ2v) is 20.1. The lowest BCUT2D eigenvalue weighted by Crippen LogP contribution is -2.59. The lowest BCUT2D eigenvalue weighted by Gasteiger charge is -2.34. The van der Waals surface area contributed by atoms with Gasteiger partial charge in [-0.2, -0.15) is 0 Å². The topological polar surface area (TPSA) is 178 Å². The van der Waals surface area contributed by atoms with E-state index < -0.39 is 47.9 Å². The molecule has 5 amide bonds. The highest BCUT2D eigenvalue weighted by Crippen LogP contribution is 2.32. The zero-order valence-electron chi connectivity index (χ0n) is 42.7. The number of fused-ring (bicyclic) bond motifs is 2. The van der Waals surface area contributed by atoms with Crippen molar-refractivity contribution in [1.82, 2.24) is 35.3 Å². The maximum absolute atomic E-state index is 13.9. The highest BCUT2D eigenvalue weighted by molar-refractivity contribution is 5.92. The molecule has 0 spiro atoms. The zero-order chi connectivity index (χ0) is 51.1. The van der Waals surface area contributed by atoms with E-state index in [1.807, 2.05) is 43.0 Å². The Morgan fingerprint density at radius 3 is 1.55 bits per heavy atom. The van der Waals surface area contributed by atoms with Crippen LogP contribution < -0.4 is 10.6 Å². The van der Waals surface area contributed by atoms with Crippen LogP contribution >= 0.6 is 0 Å². The summed E-state index contributed by atoms with van der Waals surface area (Å²) in [7, 11) is 4.53. The van der Waals surface area contributed by atoms with E-state index in [2.05, 4.69) is 34.4 Å². The second kappa shape index (κ2) is 23.4. The molecule has 6 rings (SSSR count). The van der Waals surface area contributed by atoms with Crippen molar-refractivity contribution >= 4 is 51.5 Å². The smallest absolute Gasteiger partial charge is 0.410 e. The number of methoxy groups -OCH3 is 2. The Balaban J connectivity index is 0.000000263. The number of rotatable bonds is 16. The summed E-state index contributed by atoms with van der Waals surface area (Å²) in [5.74, 6) is -1.16. The summed E-state index contributed by atoms with van der Waals surface area (Å²) in [6.07, 6.45) is 5.80. The molecule has 4 N–H and O–H groups in total. The molecule has 2 saturated heterocycles. The molecule has 69 heavy (non-hydrogen) atoms. The Labute approximate surface area is 405 Å². The summed E-state index contributed by atoms with van der Waals surface area (Å²) >= 11 is 0. The first kappa shape index (κ1) is 54.4. The van der Waals surface area contributed by atoms with Crippen LogP contribution in [0.5, 0.6) is 0 Å². The largest absolute Gasteiger partial charge is 0.444 e. The zero-order valence-corrected chi connectivity index (χ0v) is 42.7. The van der Waals surface area contributed by atoms with Gasteiger partial charge in [-0.05, 0) is 133 Å². The molecule has 0 aliphatic carbocycles. The van der Waals surface area contributed by atoms with Gasteiger partial charge in [0, 0.05) is 86.6 Å². The molecule has 0 bridgehead atoms. The molecule has 380 valence electrons. The van der Waals surface area contributed by atoms with Crippen LogP contribution in [0.2, 0.25) is 0 Å².